The monoisotopic (exact) mass is 464 g/mol. The van der Waals surface area contributed by atoms with E-state index >= 15 is 0 Å². The molecule has 0 heterocycles. The van der Waals surface area contributed by atoms with Gasteiger partial charge in [0.1, 0.15) is 0 Å². The second-order valence-electron chi connectivity index (χ2n) is 6.13. The van der Waals surface area contributed by atoms with E-state index in [4.69, 9.17) is 13.3 Å². The molecular weight excluding hydrogens is 431 g/mol. The van der Waals surface area contributed by atoms with Gasteiger partial charge < -0.3 is 13.3 Å². The minimum Gasteiger partial charge on any atom is -0.370 e. The van der Waals surface area contributed by atoms with Crippen molar-refractivity contribution in [3.8, 4) is 0 Å². The Bertz CT molecular complexity index is 441. The number of unbranched alkanes of at least 4 members (excludes halogenated alkanes) is 3. The Morgan fingerprint density at radius 2 is 1.29 bits per heavy atom. The maximum atomic E-state index is 6.34. The summed E-state index contributed by atoms with van der Waals surface area (Å²) in [6.07, 6.45) is 6.43. The van der Waals surface area contributed by atoms with E-state index in [9.17, 15) is 0 Å². The van der Waals surface area contributed by atoms with Gasteiger partial charge in [0, 0.05) is 28.6 Å². The summed E-state index contributed by atoms with van der Waals surface area (Å²) in [7, 11) is -2.84. The highest BCUT2D eigenvalue weighted by Gasteiger charge is 2.44. The summed E-state index contributed by atoms with van der Waals surface area (Å²) in [5, 5.41) is 1.10. The van der Waals surface area contributed by atoms with Crippen molar-refractivity contribution in [3.05, 3.63) is 27.3 Å². The van der Waals surface area contributed by atoms with Crippen molar-refractivity contribution in [1.29, 1.82) is 0 Å². The van der Waals surface area contributed by atoms with E-state index in [-0.39, 0.29) is 0 Å². The molecular formula is C19H33IO3Si. The van der Waals surface area contributed by atoms with Crippen molar-refractivity contribution in [2.75, 3.05) is 19.8 Å². The smallest absolute Gasteiger partial charge is 0.370 e. The van der Waals surface area contributed by atoms with Gasteiger partial charge in [-0.2, -0.15) is 0 Å². The van der Waals surface area contributed by atoms with E-state index in [1.54, 1.807) is 0 Å². The first-order valence-corrected chi connectivity index (χ1v) is 12.1. The zero-order valence-corrected chi connectivity index (χ0v) is 18.9. The molecule has 0 amide bonds. The molecule has 5 heteroatoms. The van der Waals surface area contributed by atoms with Gasteiger partial charge in [0.2, 0.25) is 0 Å². The van der Waals surface area contributed by atoms with Gasteiger partial charge in [0.25, 0.3) is 0 Å². The van der Waals surface area contributed by atoms with Crippen LogP contribution in [0.25, 0.3) is 0 Å². The Kier molecular flexibility index (Phi) is 11.4. The van der Waals surface area contributed by atoms with Crippen molar-refractivity contribution in [2.45, 2.75) is 66.2 Å². The number of benzene rings is 1. The van der Waals surface area contributed by atoms with E-state index in [2.05, 4.69) is 68.5 Å². The highest BCUT2D eigenvalue weighted by Crippen LogP contribution is 2.17. The van der Waals surface area contributed by atoms with Gasteiger partial charge in [-0.05, 0) is 60.4 Å². The molecule has 138 valence electrons. The quantitative estimate of drug-likeness (QED) is 0.228. The van der Waals surface area contributed by atoms with Gasteiger partial charge in [0.15, 0.2) is 0 Å². The van der Waals surface area contributed by atoms with Crippen LogP contribution < -0.4 is 5.19 Å². The lowest BCUT2D eigenvalue weighted by Gasteiger charge is -2.30. The molecule has 0 saturated carbocycles. The number of aryl methyl sites for hydroxylation is 1. The van der Waals surface area contributed by atoms with Crippen molar-refractivity contribution < 1.29 is 13.3 Å². The zero-order valence-electron chi connectivity index (χ0n) is 15.7. The molecule has 0 aromatic heterocycles. The SMILES string of the molecule is CCCCO[Si](OCCCC)(OCCCC)c1ccc(C)c(I)c1. The Balaban J connectivity index is 3.06. The van der Waals surface area contributed by atoms with Crippen LogP contribution >= 0.6 is 22.6 Å². The van der Waals surface area contributed by atoms with Crippen molar-refractivity contribution in [1.82, 2.24) is 0 Å². The molecule has 0 aliphatic rings. The zero-order chi connectivity index (χ0) is 17.8. The molecule has 0 atom stereocenters. The molecule has 0 saturated heterocycles. The van der Waals surface area contributed by atoms with Gasteiger partial charge in [-0.3, -0.25) is 0 Å². The molecule has 0 aliphatic carbocycles. The molecule has 0 spiro atoms. The van der Waals surface area contributed by atoms with Crippen LogP contribution in [0.2, 0.25) is 0 Å². The lowest BCUT2D eigenvalue weighted by molar-refractivity contribution is 0.0700. The molecule has 0 unspecified atom stereocenters. The third-order valence-electron chi connectivity index (χ3n) is 3.90. The fraction of sp³-hybridized carbons (Fsp3) is 0.684. The molecule has 0 fully saturated rings. The number of hydrogen-bond acceptors (Lipinski definition) is 3. The molecule has 1 aromatic rings. The third-order valence-corrected chi connectivity index (χ3v) is 7.83. The van der Waals surface area contributed by atoms with Crippen molar-refractivity contribution in [3.63, 3.8) is 0 Å². The van der Waals surface area contributed by atoms with Gasteiger partial charge in [-0.15, -0.1) is 0 Å². The van der Waals surface area contributed by atoms with Crippen LogP contribution in [0.4, 0.5) is 0 Å². The van der Waals surface area contributed by atoms with Crippen LogP contribution in [0.5, 0.6) is 0 Å². The maximum Gasteiger partial charge on any atom is 0.537 e. The summed E-state index contributed by atoms with van der Waals surface area (Å²) < 4.78 is 20.2. The Hall–Kier alpha value is 0.0469. The van der Waals surface area contributed by atoms with Gasteiger partial charge >= 0.3 is 8.80 Å². The lowest BCUT2D eigenvalue weighted by Crippen LogP contribution is -2.57. The van der Waals surface area contributed by atoms with E-state index < -0.39 is 8.80 Å². The Morgan fingerprint density at radius 3 is 1.67 bits per heavy atom. The van der Waals surface area contributed by atoms with Crippen LogP contribution in [0.3, 0.4) is 0 Å². The normalized spacial score (nSPS) is 11.9. The molecule has 24 heavy (non-hydrogen) atoms. The van der Waals surface area contributed by atoms with Crippen LogP contribution in [0.1, 0.15) is 64.9 Å². The molecule has 3 nitrogen and oxygen atoms in total. The lowest BCUT2D eigenvalue weighted by atomic mass is 10.2. The molecule has 0 N–H and O–H groups in total. The van der Waals surface area contributed by atoms with E-state index in [0.717, 1.165) is 43.7 Å². The van der Waals surface area contributed by atoms with E-state index in [0.29, 0.717) is 19.8 Å². The minimum atomic E-state index is -2.84. The summed E-state index contributed by atoms with van der Waals surface area (Å²) >= 11 is 2.38. The topological polar surface area (TPSA) is 27.7 Å². The largest absolute Gasteiger partial charge is 0.537 e. The van der Waals surface area contributed by atoms with Gasteiger partial charge in [0.05, 0.1) is 0 Å². The van der Waals surface area contributed by atoms with Crippen LogP contribution in [-0.2, 0) is 13.3 Å². The van der Waals surface area contributed by atoms with Crippen LogP contribution in [0.15, 0.2) is 18.2 Å². The van der Waals surface area contributed by atoms with E-state index in [1.165, 1.54) is 9.13 Å². The average Bonchev–Trinajstić information content (AvgIpc) is 2.57. The standard InChI is InChI=1S/C19H33IO3Si/c1-5-8-13-21-24(22-14-9-6-2,23-15-10-7-3)18-12-11-17(4)19(20)16-18/h11-12,16H,5-10,13-15H2,1-4H3. The molecule has 1 aromatic carbocycles. The average molecular weight is 464 g/mol. The van der Waals surface area contributed by atoms with Crippen molar-refractivity contribution >= 4 is 36.6 Å². The number of hydrogen-bond donors (Lipinski definition) is 0. The first kappa shape index (κ1) is 22.1. The fourth-order valence-corrected chi connectivity index (χ4v) is 5.62. The first-order valence-electron chi connectivity index (χ1n) is 9.28. The summed E-state index contributed by atoms with van der Waals surface area (Å²) in [5.41, 5.74) is 1.28. The van der Waals surface area contributed by atoms with Crippen molar-refractivity contribution in [2.24, 2.45) is 0 Å². The highest BCUT2D eigenvalue weighted by atomic mass is 127. The number of halogens is 1. The minimum absolute atomic E-state index is 0.700. The summed E-state index contributed by atoms with van der Waals surface area (Å²) in [4.78, 5) is 0. The molecule has 1 rings (SSSR count). The molecule has 0 radical (unpaired) electrons. The maximum absolute atomic E-state index is 6.34. The van der Waals surface area contributed by atoms with Gasteiger partial charge in [-0.1, -0.05) is 52.2 Å². The van der Waals surface area contributed by atoms with Crippen LogP contribution in [-0.4, -0.2) is 28.6 Å². The third kappa shape index (κ3) is 7.12. The molecule has 0 bridgehead atoms. The summed E-state index contributed by atoms with van der Waals surface area (Å²) in [6.45, 7) is 10.8. The first-order chi connectivity index (χ1) is 11.6. The van der Waals surface area contributed by atoms with E-state index in [1.807, 2.05) is 0 Å². The molecule has 0 aliphatic heterocycles. The summed E-state index contributed by atoms with van der Waals surface area (Å²) in [6, 6.07) is 6.47. The predicted octanol–water partition coefficient (Wildman–Crippen LogP) is 5.20. The van der Waals surface area contributed by atoms with Crippen LogP contribution in [0, 0.1) is 10.5 Å². The summed E-state index contributed by atoms with van der Waals surface area (Å²) in [5.74, 6) is 0. The Labute approximate surface area is 163 Å². The highest BCUT2D eigenvalue weighted by molar-refractivity contribution is 14.1. The number of rotatable bonds is 13. The Morgan fingerprint density at radius 1 is 0.833 bits per heavy atom. The predicted molar refractivity (Wildman–Crippen MR) is 112 cm³/mol. The fourth-order valence-electron chi connectivity index (χ4n) is 2.21. The second kappa shape index (κ2) is 12.4. The van der Waals surface area contributed by atoms with Gasteiger partial charge in [-0.25, -0.2) is 0 Å². The second-order valence-corrected chi connectivity index (χ2v) is 9.84.